The maximum atomic E-state index is 6.39. The number of hydrogen-bond acceptors (Lipinski definition) is 2. The van der Waals surface area contributed by atoms with Crippen LogP contribution in [-0.2, 0) is 6.42 Å². The first-order valence-corrected chi connectivity index (χ1v) is 8.02. The van der Waals surface area contributed by atoms with Crippen molar-refractivity contribution in [2.45, 2.75) is 63.8 Å². The molecule has 17 heavy (non-hydrogen) atoms. The third-order valence-electron chi connectivity index (χ3n) is 4.06. The molecule has 2 rings (SSSR count). The van der Waals surface area contributed by atoms with Crippen molar-refractivity contribution >= 4 is 11.3 Å². The quantitative estimate of drug-likeness (QED) is 0.845. The minimum Gasteiger partial charge on any atom is -0.327 e. The molecule has 0 radical (unpaired) electrons. The summed E-state index contributed by atoms with van der Waals surface area (Å²) >= 11 is 1.86. The lowest BCUT2D eigenvalue weighted by Gasteiger charge is -2.25. The van der Waals surface area contributed by atoms with Gasteiger partial charge in [0.2, 0.25) is 0 Å². The van der Waals surface area contributed by atoms with Crippen LogP contribution in [0.4, 0.5) is 0 Å². The summed E-state index contributed by atoms with van der Waals surface area (Å²) in [4.78, 5) is 1.49. The molecule has 2 heteroatoms. The molecule has 0 aliphatic heterocycles. The van der Waals surface area contributed by atoms with E-state index in [-0.39, 0.29) is 0 Å². The third-order valence-corrected chi connectivity index (χ3v) is 5.00. The second kappa shape index (κ2) is 7.17. The van der Waals surface area contributed by atoms with Gasteiger partial charge in [0.1, 0.15) is 0 Å². The van der Waals surface area contributed by atoms with E-state index in [9.17, 15) is 0 Å². The van der Waals surface area contributed by atoms with Gasteiger partial charge in [0.15, 0.2) is 0 Å². The topological polar surface area (TPSA) is 26.0 Å². The molecule has 1 atom stereocenters. The van der Waals surface area contributed by atoms with Crippen molar-refractivity contribution < 1.29 is 0 Å². The van der Waals surface area contributed by atoms with Gasteiger partial charge in [0, 0.05) is 10.9 Å². The molecule has 1 saturated carbocycles. The third kappa shape index (κ3) is 4.44. The lowest BCUT2D eigenvalue weighted by molar-refractivity contribution is 0.313. The van der Waals surface area contributed by atoms with Gasteiger partial charge < -0.3 is 5.73 Å². The predicted molar refractivity (Wildman–Crippen MR) is 76.4 cm³/mol. The molecule has 0 bridgehead atoms. The van der Waals surface area contributed by atoms with Gasteiger partial charge in [-0.15, -0.1) is 11.3 Å². The molecule has 1 aliphatic rings. The van der Waals surface area contributed by atoms with E-state index in [1.54, 1.807) is 0 Å². The van der Waals surface area contributed by atoms with Crippen LogP contribution in [0.1, 0.15) is 56.2 Å². The largest absolute Gasteiger partial charge is 0.327 e. The van der Waals surface area contributed by atoms with E-state index >= 15 is 0 Å². The van der Waals surface area contributed by atoms with E-state index in [1.807, 2.05) is 11.3 Å². The Labute approximate surface area is 109 Å². The Kier molecular flexibility index (Phi) is 5.53. The van der Waals surface area contributed by atoms with Crippen molar-refractivity contribution in [2.75, 3.05) is 0 Å². The van der Waals surface area contributed by atoms with Gasteiger partial charge in [-0.25, -0.2) is 0 Å². The maximum absolute atomic E-state index is 6.39. The lowest BCUT2D eigenvalue weighted by Crippen LogP contribution is -2.31. The van der Waals surface area contributed by atoms with Crippen LogP contribution >= 0.6 is 11.3 Å². The van der Waals surface area contributed by atoms with Crippen molar-refractivity contribution in [2.24, 2.45) is 11.7 Å². The van der Waals surface area contributed by atoms with Crippen molar-refractivity contribution in [1.82, 2.24) is 0 Å². The highest BCUT2D eigenvalue weighted by molar-refractivity contribution is 7.09. The zero-order chi connectivity index (χ0) is 11.9. The summed E-state index contributed by atoms with van der Waals surface area (Å²) in [5, 5.41) is 2.16. The molecule has 0 saturated heterocycles. The van der Waals surface area contributed by atoms with Gasteiger partial charge in [0.05, 0.1) is 0 Å². The van der Waals surface area contributed by atoms with Crippen LogP contribution in [0.5, 0.6) is 0 Å². The number of rotatable bonds is 4. The van der Waals surface area contributed by atoms with Gasteiger partial charge in [-0.05, 0) is 43.0 Å². The molecule has 1 heterocycles. The number of thiophene rings is 1. The van der Waals surface area contributed by atoms with Crippen molar-refractivity contribution in [3.05, 3.63) is 22.4 Å². The fourth-order valence-corrected chi connectivity index (χ4v) is 3.64. The monoisotopic (exact) mass is 251 g/mol. The van der Waals surface area contributed by atoms with Gasteiger partial charge >= 0.3 is 0 Å². The molecule has 96 valence electrons. The highest BCUT2D eigenvalue weighted by Gasteiger charge is 2.18. The van der Waals surface area contributed by atoms with Gasteiger partial charge in [-0.1, -0.05) is 38.2 Å². The lowest BCUT2D eigenvalue weighted by atomic mass is 9.84. The molecule has 1 unspecified atom stereocenters. The smallest absolute Gasteiger partial charge is 0.00706 e. The summed E-state index contributed by atoms with van der Waals surface area (Å²) in [5.41, 5.74) is 6.39. The van der Waals surface area contributed by atoms with E-state index in [1.165, 1.54) is 62.7 Å². The van der Waals surface area contributed by atoms with E-state index in [4.69, 9.17) is 5.73 Å². The van der Waals surface area contributed by atoms with Crippen LogP contribution in [0.3, 0.4) is 0 Å². The van der Waals surface area contributed by atoms with Crippen LogP contribution in [0, 0.1) is 5.92 Å². The van der Waals surface area contributed by atoms with E-state index in [2.05, 4.69) is 17.5 Å². The fraction of sp³-hybridized carbons (Fsp3) is 0.733. The summed E-state index contributed by atoms with van der Waals surface area (Å²) in [6, 6.07) is 4.80. The molecule has 1 nitrogen and oxygen atoms in total. The zero-order valence-corrected chi connectivity index (χ0v) is 11.6. The maximum Gasteiger partial charge on any atom is 0.00706 e. The minimum absolute atomic E-state index is 0.426. The molecule has 0 spiro atoms. The highest BCUT2D eigenvalue weighted by atomic mass is 32.1. The number of aryl methyl sites for hydroxylation is 1. The number of nitrogens with two attached hydrogens (primary N) is 1. The Morgan fingerprint density at radius 2 is 1.88 bits per heavy atom. The summed E-state index contributed by atoms with van der Waals surface area (Å²) < 4.78 is 0. The van der Waals surface area contributed by atoms with Crippen LogP contribution in [0.25, 0.3) is 0 Å². The van der Waals surface area contributed by atoms with Crippen molar-refractivity contribution in [1.29, 1.82) is 0 Å². The summed E-state index contributed by atoms with van der Waals surface area (Å²) in [6.07, 6.45) is 12.2. The first-order valence-electron chi connectivity index (χ1n) is 7.14. The van der Waals surface area contributed by atoms with Gasteiger partial charge in [-0.3, -0.25) is 0 Å². The van der Waals surface area contributed by atoms with Gasteiger partial charge in [0.25, 0.3) is 0 Å². The molecular weight excluding hydrogens is 226 g/mol. The average Bonchev–Trinajstić information content (AvgIpc) is 2.78. The van der Waals surface area contributed by atoms with E-state index in [0.29, 0.717) is 6.04 Å². The summed E-state index contributed by atoms with van der Waals surface area (Å²) in [7, 11) is 0. The molecule has 0 amide bonds. The first-order chi connectivity index (χ1) is 8.36. The van der Waals surface area contributed by atoms with E-state index < -0.39 is 0 Å². The standard InChI is InChI=1S/C15H25NS/c16-15(11-10-14-9-6-12-17-14)13-7-4-2-1-3-5-8-13/h6,9,12-13,15H,1-5,7-8,10-11,16H2. The van der Waals surface area contributed by atoms with Crippen LogP contribution < -0.4 is 5.73 Å². The SMILES string of the molecule is NC(CCc1cccs1)C1CCCCCCC1. The summed E-state index contributed by atoms with van der Waals surface area (Å²) in [5.74, 6) is 0.787. The molecule has 1 aliphatic carbocycles. The Bertz CT molecular complexity index is 286. The predicted octanol–water partition coefficient (Wildman–Crippen LogP) is 4.37. The minimum atomic E-state index is 0.426. The average molecular weight is 251 g/mol. The van der Waals surface area contributed by atoms with E-state index in [0.717, 1.165) is 5.92 Å². The normalized spacial score (nSPS) is 20.8. The Balaban J connectivity index is 1.75. The molecular formula is C15H25NS. The zero-order valence-electron chi connectivity index (χ0n) is 10.7. The van der Waals surface area contributed by atoms with Crippen LogP contribution in [0.15, 0.2) is 17.5 Å². The molecule has 2 N–H and O–H groups in total. The van der Waals surface area contributed by atoms with Crippen LogP contribution in [-0.4, -0.2) is 6.04 Å². The molecule has 1 aromatic heterocycles. The Morgan fingerprint density at radius 3 is 2.53 bits per heavy atom. The molecule has 1 fully saturated rings. The number of hydrogen-bond donors (Lipinski definition) is 1. The highest BCUT2D eigenvalue weighted by Crippen LogP contribution is 2.26. The van der Waals surface area contributed by atoms with Crippen LogP contribution in [0.2, 0.25) is 0 Å². The first kappa shape index (κ1) is 13.1. The molecule has 1 aromatic rings. The van der Waals surface area contributed by atoms with Crippen molar-refractivity contribution in [3.63, 3.8) is 0 Å². The fourth-order valence-electron chi connectivity index (χ4n) is 2.92. The van der Waals surface area contributed by atoms with Gasteiger partial charge in [-0.2, -0.15) is 0 Å². The second-order valence-corrected chi connectivity index (χ2v) is 6.42. The Morgan fingerprint density at radius 1 is 1.18 bits per heavy atom. The Hall–Kier alpha value is -0.340. The summed E-state index contributed by atoms with van der Waals surface area (Å²) in [6.45, 7) is 0. The second-order valence-electron chi connectivity index (χ2n) is 5.39. The van der Waals surface area contributed by atoms with Crippen molar-refractivity contribution in [3.8, 4) is 0 Å². The molecule has 0 aromatic carbocycles.